The molecule has 0 aromatic heterocycles. The summed E-state index contributed by atoms with van der Waals surface area (Å²) >= 11 is 0. The first kappa shape index (κ1) is 15.8. The lowest BCUT2D eigenvalue weighted by Gasteiger charge is -2.20. The first-order valence-corrected chi connectivity index (χ1v) is 8.03. The summed E-state index contributed by atoms with van der Waals surface area (Å²) in [6.07, 6.45) is 0. The number of benzene rings is 2. The predicted octanol–water partition coefficient (Wildman–Crippen LogP) is 6.53. The molecule has 0 aliphatic heterocycles. The van der Waals surface area contributed by atoms with E-state index in [1.54, 1.807) is 0 Å². The minimum atomic E-state index is 0.563. The molecular weight excluding hydrogens is 252 g/mol. The highest BCUT2D eigenvalue weighted by molar-refractivity contribution is 5.72. The zero-order valence-corrected chi connectivity index (χ0v) is 14.5. The monoisotopic (exact) mass is 280 g/mol. The van der Waals surface area contributed by atoms with Gasteiger partial charge in [-0.15, -0.1) is 0 Å². The molecule has 0 N–H and O–H groups in total. The van der Waals surface area contributed by atoms with Gasteiger partial charge in [0, 0.05) is 0 Å². The lowest BCUT2D eigenvalue weighted by molar-refractivity contribution is 0.789. The highest BCUT2D eigenvalue weighted by atomic mass is 14.2. The van der Waals surface area contributed by atoms with Crippen molar-refractivity contribution < 1.29 is 0 Å². The van der Waals surface area contributed by atoms with Gasteiger partial charge in [0.2, 0.25) is 0 Å². The summed E-state index contributed by atoms with van der Waals surface area (Å²) in [5.74, 6) is 1.14. The molecule has 0 saturated carbocycles. The van der Waals surface area contributed by atoms with E-state index in [9.17, 15) is 0 Å². The minimum absolute atomic E-state index is 0.563. The maximum atomic E-state index is 2.42. The summed E-state index contributed by atoms with van der Waals surface area (Å²) in [5.41, 5.74) is 9.83. The van der Waals surface area contributed by atoms with Gasteiger partial charge >= 0.3 is 0 Å². The Morgan fingerprint density at radius 2 is 1.14 bits per heavy atom. The maximum absolute atomic E-state index is 2.42. The van der Waals surface area contributed by atoms with Crippen LogP contribution in [0, 0.1) is 20.8 Å². The van der Waals surface area contributed by atoms with Crippen molar-refractivity contribution in [3.8, 4) is 11.1 Å². The summed E-state index contributed by atoms with van der Waals surface area (Å²) in [6.45, 7) is 15.8. The van der Waals surface area contributed by atoms with Gasteiger partial charge in [0.05, 0.1) is 0 Å². The van der Waals surface area contributed by atoms with E-state index in [1.165, 1.54) is 38.9 Å². The van der Waals surface area contributed by atoms with E-state index in [1.807, 2.05) is 0 Å². The molecule has 0 nitrogen and oxygen atoms in total. The average Bonchev–Trinajstić information content (AvgIpc) is 2.38. The summed E-state index contributed by atoms with van der Waals surface area (Å²) in [6, 6.07) is 11.6. The van der Waals surface area contributed by atoms with E-state index >= 15 is 0 Å². The van der Waals surface area contributed by atoms with Gasteiger partial charge in [0.25, 0.3) is 0 Å². The molecule has 0 aliphatic carbocycles. The second-order valence-electron chi connectivity index (χ2n) is 6.92. The van der Waals surface area contributed by atoms with Gasteiger partial charge in [-0.2, -0.15) is 0 Å². The second kappa shape index (κ2) is 6.05. The van der Waals surface area contributed by atoms with E-state index in [4.69, 9.17) is 0 Å². The standard InChI is InChI=1S/C21H28/c1-13(2)19-11-17(7)21(12-20(19)14(3)4)18-9-8-15(5)10-16(18)6/h8-14H,1-7H3. The smallest absolute Gasteiger partial charge is 0.0149 e. The van der Waals surface area contributed by atoms with Crippen LogP contribution in [0.2, 0.25) is 0 Å². The minimum Gasteiger partial charge on any atom is -0.0587 e. The van der Waals surface area contributed by atoms with Crippen LogP contribution in [-0.4, -0.2) is 0 Å². The number of rotatable bonds is 3. The van der Waals surface area contributed by atoms with Crippen LogP contribution in [0.5, 0.6) is 0 Å². The van der Waals surface area contributed by atoms with E-state index in [0.29, 0.717) is 11.8 Å². The molecule has 112 valence electrons. The summed E-state index contributed by atoms with van der Waals surface area (Å²) in [4.78, 5) is 0. The van der Waals surface area contributed by atoms with Crippen molar-refractivity contribution in [1.82, 2.24) is 0 Å². The number of hydrogen-bond acceptors (Lipinski definition) is 0. The Morgan fingerprint density at radius 1 is 0.619 bits per heavy atom. The molecule has 0 saturated heterocycles. The molecule has 0 bridgehead atoms. The normalized spacial score (nSPS) is 11.5. The van der Waals surface area contributed by atoms with Crippen molar-refractivity contribution in [1.29, 1.82) is 0 Å². The summed E-state index contributed by atoms with van der Waals surface area (Å²) in [5, 5.41) is 0. The molecular formula is C21H28. The number of hydrogen-bond donors (Lipinski definition) is 0. The van der Waals surface area contributed by atoms with Gasteiger partial charge < -0.3 is 0 Å². The van der Waals surface area contributed by atoms with Gasteiger partial charge in [0.1, 0.15) is 0 Å². The van der Waals surface area contributed by atoms with Crippen molar-refractivity contribution in [2.45, 2.75) is 60.3 Å². The van der Waals surface area contributed by atoms with E-state index < -0.39 is 0 Å². The van der Waals surface area contributed by atoms with Gasteiger partial charge in [-0.1, -0.05) is 63.6 Å². The molecule has 0 spiro atoms. The average molecular weight is 280 g/mol. The third-order valence-electron chi connectivity index (χ3n) is 4.35. The zero-order valence-electron chi connectivity index (χ0n) is 14.5. The number of aryl methyl sites for hydroxylation is 3. The Bertz CT molecular complexity index is 645. The second-order valence-corrected chi connectivity index (χ2v) is 6.92. The first-order chi connectivity index (χ1) is 9.81. The Kier molecular flexibility index (Phi) is 4.56. The van der Waals surface area contributed by atoms with Crippen molar-refractivity contribution in [3.05, 3.63) is 58.1 Å². The van der Waals surface area contributed by atoms with Crippen LogP contribution in [-0.2, 0) is 0 Å². The van der Waals surface area contributed by atoms with Gasteiger partial charge in [-0.25, -0.2) is 0 Å². The Balaban J connectivity index is 2.67. The van der Waals surface area contributed by atoms with Crippen LogP contribution in [0.15, 0.2) is 30.3 Å². The van der Waals surface area contributed by atoms with Crippen LogP contribution in [0.1, 0.15) is 67.3 Å². The van der Waals surface area contributed by atoms with Crippen molar-refractivity contribution in [2.24, 2.45) is 0 Å². The fraction of sp³-hybridized carbons (Fsp3) is 0.429. The largest absolute Gasteiger partial charge is 0.0587 e. The fourth-order valence-corrected chi connectivity index (χ4v) is 3.15. The van der Waals surface area contributed by atoms with Gasteiger partial charge in [0.15, 0.2) is 0 Å². The van der Waals surface area contributed by atoms with Crippen molar-refractivity contribution in [3.63, 3.8) is 0 Å². The lowest BCUT2D eigenvalue weighted by Crippen LogP contribution is -2.01. The van der Waals surface area contributed by atoms with Crippen LogP contribution in [0.4, 0.5) is 0 Å². The molecule has 0 radical (unpaired) electrons. The van der Waals surface area contributed by atoms with Crippen LogP contribution >= 0.6 is 0 Å². The van der Waals surface area contributed by atoms with Crippen molar-refractivity contribution in [2.75, 3.05) is 0 Å². The SMILES string of the molecule is Cc1ccc(-c2cc(C(C)C)c(C(C)C)cc2C)c(C)c1. The van der Waals surface area contributed by atoms with Crippen molar-refractivity contribution >= 4 is 0 Å². The molecule has 0 unspecified atom stereocenters. The van der Waals surface area contributed by atoms with Gasteiger partial charge in [-0.3, -0.25) is 0 Å². The Morgan fingerprint density at radius 3 is 1.67 bits per heavy atom. The molecule has 21 heavy (non-hydrogen) atoms. The molecule has 0 aliphatic rings. The molecule has 2 rings (SSSR count). The Labute approximate surface area is 130 Å². The van der Waals surface area contributed by atoms with Gasteiger partial charge in [-0.05, 0) is 66.0 Å². The Hall–Kier alpha value is -1.56. The molecule has 0 heterocycles. The quantitative estimate of drug-likeness (QED) is 0.600. The van der Waals surface area contributed by atoms with Crippen LogP contribution < -0.4 is 0 Å². The first-order valence-electron chi connectivity index (χ1n) is 8.03. The highest BCUT2D eigenvalue weighted by Gasteiger charge is 2.14. The summed E-state index contributed by atoms with van der Waals surface area (Å²) in [7, 11) is 0. The molecule has 0 fully saturated rings. The van der Waals surface area contributed by atoms with Crippen LogP contribution in [0.3, 0.4) is 0 Å². The zero-order chi connectivity index (χ0) is 15.7. The van der Waals surface area contributed by atoms with Crippen LogP contribution in [0.25, 0.3) is 11.1 Å². The molecule has 2 aromatic carbocycles. The topological polar surface area (TPSA) is 0 Å². The highest BCUT2D eigenvalue weighted by Crippen LogP contribution is 2.35. The molecule has 0 amide bonds. The fourth-order valence-electron chi connectivity index (χ4n) is 3.15. The lowest BCUT2D eigenvalue weighted by atomic mass is 9.84. The molecule has 2 aromatic rings. The maximum Gasteiger partial charge on any atom is -0.0149 e. The summed E-state index contributed by atoms with van der Waals surface area (Å²) < 4.78 is 0. The van der Waals surface area contributed by atoms with E-state index in [2.05, 4.69) is 78.8 Å². The van der Waals surface area contributed by atoms with E-state index in [-0.39, 0.29) is 0 Å². The predicted molar refractivity (Wildman–Crippen MR) is 94.3 cm³/mol. The molecule has 0 atom stereocenters. The third kappa shape index (κ3) is 3.20. The molecule has 0 heteroatoms. The van der Waals surface area contributed by atoms with E-state index in [0.717, 1.165) is 0 Å². The third-order valence-corrected chi connectivity index (χ3v) is 4.35.